The average molecular weight is 469 g/mol. The molecule has 0 aliphatic carbocycles. The van der Waals surface area contributed by atoms with E-state index < -0.39 is 0 Å². The smallest absolute Gasteiger partial charge is 0.254 e. The molecular weight excluding hydrogens is 436 g/mol. The van der Waals surface area contributed by atoms with Crippen LogP contribution in [0.5, 0.6) is 0 Å². The molecule has 1 unspecified atom stereocenters. The highest BCUT2D eigenvalue weighted by molar-refractivity contribution is 6.31. The van der Waals surface area contributed by atoms with E-state index in [1.807, 2.05) is 35.2 Å². The van der Waals surface area contributed by atoms with Crippen molar-refractivity contribution in [3.05, 3.63) is 64.2 Å². The fraction of sp³-hybridized carbons (Fsp3) is 0.519. The fourth-order valence-corrected chi connectivity index (χ4v) is 5.85. The number of likely N-dealkylation sites (tertiary alicyclic amines) is 1. The van der Waals surface area contributed by atoms with Crippen molar-refractivity contribution in [1.82, 2.24) is 4.90 Å². The van der Waals surface area contributed by atoms with Gasteiger partial charge in [-0.3, -0.25) is 4.79 Å². The lowest BCUT2D eigenvalue weighted by atomic mass is 9.76. The first kappa shape index (κ1) is 22.7. The number of ether oxygens (including phenoxy) is 2. The monoisotopic (exact) mass is 468 g/mol. The van der Waals surface area contributed by atoms with Gasteiger partial charge in [0, 0.05) is 48.9 Å². The van der Waals surface area contributed by atoms with Crippen molar-refractivity contribution in [3.8, 4) is 0 Å². The number of hydrogen-bond donors (Lipinski definition) is 0. The predicted octanol–water partition coefficient (Wildman–Crippen LogP) is 4.74. The Morgan fingerprint density at radius 3 is 2.58 bits per heavy atom. The second-order valence-corrected chi connectivity index (χ2v) is 10.2. The zero-order chi connectivity index (χ0) is 22.8. The van der Waals surface area contributed by atoms with Crippen molar-refractivity contribution in [1.29, 1.82) is 0 Å². The van der Waals surface area contributed by atoms with E-state index in [9.17, 15) is 4.79 Å². The Kier molecular flexibility index (Phi) is 6.64. The molecule has 0 radical (unpaired) electrons. The van der Waals surface area contributed by atoms with E-state index in [0.29, 0.717) is 0 Å². The SMILES string of the molecule is Cc1c(C(=O)N2CCC3(CC2)COC(Cc2ccccc2Cl)C3)cccc1N1CCOCC1. The molecule has 5 rings (SSSR count). The summed E-state index contributed by atoms with van der Waals surface area (Å²) in [6.45, 7) is 7.69. The maximum atomic E-state index is 13.4. The van der Waals surface area contributed by atoms with Gasteiger partial charge in [0.25, 0.3) is 5.91 Å². The molecular formula is C27H33ClN2O3. The zero-order valence-corrected chi connectivity index (χ0v) is 20.2. The molecule has 2 aromatic carbocycles. The number of piperidine rings is 1. The predicted molar refractivity (Wildman–Crippen MR) is 131 cm³/mol. The lowest BCUT2D eigenvalue weighted by Gasteiger charge is -2.39. The topological polar surface area (TPSA) is 42.0 Å². The Morgan fingerprint density at radius 2 is 1.82 bits per heavy atom. The van der Waals surface area contributed by atoms with Crippen LogP contribution >= 0.6 is 11.6 Å². The molecule has 0 saturated carbocycles. The van der Waals surface area contributed by atoms with Gasteiger partial charge in [0.15, 0.2) is 0 Å². The molecule has 0 bridgehead atoms. The second-order valence-electron chi connectivity index (χ2n) is 9.77. The Bertz CT molecular complexity index is 997. The molecule has 1 spiro atoms. The lowest BCUT2D eigenvalue weighted by molar-refractivity contribution is 0.0496. The largest absolute Gasteiger partial charge is 0.378 e. The molecule has 2 aromatic rings. The third-order valence-electron chi connectivity index (χ3n) is 7.69. The maximum absolute atomic E-state index is 13.4. The fourth-order valence-electron chi connectivity index (χ4n) is 5.64. The molecule has 0 N–H and O–H groups in total. The number of morpholine rings is 1. The summed E-state index contributed by atoms with van der Waals surface area (Å²) in [7, 11) is 0. The Hall–Kier alpha value is -2.08. The van der Waals surface area contributed by atoms with Gasteiger partial charge in [-0.1, -0.05) is 35.9 Å². The first-order chi connectivity index (χ1) is 16.0. The molecule has 6 heteroatoms. The molecule has 0 aromatic heterocycles. The minimum absolute atomic E-state index is 0.156. The molecule has 33 heavy (non-hydrogen) atoms. The van der Waals surface area contributed by atoms with Crippen molar-refractivity contribution >= 4 is 23.2 Å². The van der Waals surface area contributed by atoms with Crippen molar-refractivity contribution < 1.29 is 14.3 Å². The summed E-state index contributed by atoms with van der Waals surface area (Å²) in [5.74, 6) is 0.156. The van der Waals surface area contributed by atoms with Crippen LogP contribution in [0, 0.1) is 12.3 Å². The van der Waals surface area contributed by atoms with Crippen LogP contribution in [0.25, 0.3) is 0 Å². The summed E-state index contributed by atoms with van der Waals surface area (Å²) in [4.78, 5) is 17.8. The van der Waals surface area contributed by atoms with Crippen molar-refractivity contribution in [2.75, 3.05) is 50.9 Å². The van der Waals surface area contributed by atoms with E-state index in [1.165, 1.54) is 0 Å². The molecule has 3 heterocycles. The molecule has 1 atom stereocenters. The first-order valence-corrected chi connectivity index (χ1v) is 12.5. The number of rotatable bonds is 4. The van der Waals surface area contributed by atoms with Crippen LogP contribution in [-0.2, 0) is 15.9 Å². The molecule has 3 saturated heterocycles. The summed E-state index contributed by atoms with van der Waals surface area (Å²) >= 11 is 6.36. The van der Waals surface area contributed by atoms with Gasteiger partial charge in [-0.15, -0.1) is 0 Å². The zero-order valence-electron chi connectivity index (χ0n) is 19.4. The van der Waals surface area contributed by atoms with Crippen LogP contribution in [0.15, 0.2) is 42.5 Å². The Morgan fingerprint density at radius 1 is 1.06 bits per heavy atom. The van der Waals surface area contributed by atoms with Crippen LogP contribution in [-0.4, -0.2) is 62.9 Å². The van der Waals surface area contributed by atoms with Crippen molar-refractivity contribution in [2.24, 2.45) is 5.41 Å². The number of carbonyl (C=O) groups excluding carboxylic acids is 1. The molecule has 3 aliphatic rings. The number of halogens is 1. The van der Waals surface area contributed by atoms with Gasteiger partial charge in [0.1, 0.15) is 0 Å². The molecule has 3 aliphatic heterocycles. The van der Waals surface area contributed by atoms with E-state index in [0.717, 1.165) is 99.1 Å². The maximum Gasteiger partial charge on any atom is 0.254 e. The number of amides is 1. The van der Waals surface area contributed by atoms with E-state index >= 15 is 0 Å². The summed E-state index contributed by atoms with van der Waals surface area (Å²) in [6, 6.07) is 14.1. The van der Waals surface area contributed by atoms with Crippen LogP contribution in [0.4, 0.5) is 5.69 Å². The van der Waals surface area contributed by atoms with Crippen LogP contribution < -0.4 is 4.90 Å². The average Bonchev–Trinajstić information content (AvgIpc) is 3.23. The lowest BCUT2D eigenvalue weighted by Crippen LogP contribution is -2.44. The van der Waals surface area contributed by atoms with Crippen LogP contribution in [0.2, 0.25) is 5.02 Å². The highest BCUT2D eigenvalue weighted by Gasteiger charge is 2.43. The summed E-state index contributed by atoms with van der Waals surface area (Å²) in [5, 5.41) is 0.817. The number of anilines is 1. The molecule has 1 amide bonds. The van der Waals surface area contributed by atoms with Crippen molar-refractivity contribution in [3.63, 3.8) is 0 Å². The number of nitrogens with zero attached hydrogens (tertiary/aromatic N) is 2. The van der Waals surface area contributed by atoms with Gasteiger partial charge >= 0.3 is 0 Å². The van der Waals surface area contributed by atoms with E-state index in [1.54, 1.807) is 0 Å². The highest BCUT2D eigenvalue weighted by atomic mass is 35.5. The van der Waals surface area contributed by atoms with Crippen LogP contribution in [0.1, 0.15) is 40.7 Å². The first-order valence-electron chi connectivity index (χ1n) is 12.1. The van der Waals surface area contributed by atoms with Crippen molar-refractivity contribution in [2.45, 2.75) is 38.7 Å². The third kappa shape index (κ3) is 4.77. The van der Waals surface area contributed by atoms with E-state index in [4.69, 9.17) is 21.1 Å². The Balaban J connectivity index is 1.21. The minimum Gasteiger partial charge on any atom is -0.378 e. The number of benzene rings is 2. The molecule has 176 valence electrons. The summed E-state index contributed by atoms with van der Waals surface area (Å²) < 4.78 is 11.7. The van der Waals surface area contributed by atoms with E-state index in [2.05, 4.69) is 24.0 Å². The standard InChI is InChI=1S/C27H33ClN2O3/c1-20-23(6-4-8-25(20)29-13-15-32-16-14-29)26(31)30-11-9-27(10-12-30)18-22(33-19-27)17-21-5-2-3-7-24(21)28/h2-8,22H,9-19H2,1H3. The van der Waals surface area contributed by atoms with Gasteiger partial charge in [-0.25, -0.2) is 0 Å². The quantitative estimate of drug-likeness (QED) is 0.650. The van der Waals surface area contributed by atoms with E-state index in [-0.39, 0.29) is 17.4 Å². The number of carbonyl (C=O) groups is 1. The highest BCUT2D eigenvalue weighted by Crippen LogP contribution is 2.43. The van der Waals surface area contributed by atoms with Crippen LogP contribution in [0.3, 0.4) is 0 Å². The van der Waals surface area contributed by atoms with Gasteiger partial charge in [-0.05, 0) is 60.9 Å². The van der Waals surface area contributed by atoms with Gasteiger partial charge in [0.2, 0.25) is 0 Å². The minimum atomic E-state index is 0.156. The third-order valence-corrected chi connectivity index (χ3v) is 8.06. The van der Waals surface area contributed by atoms with Gasteiger partial charge < -0.3 is 19.3 Å². The summed E-state index contributed by atoms with van der Waals surface area (Å²) in [6.07, 6.45) is 4.11. The summed E-state index contributed by atoms with van der Waals surface area (Å²) in [5.41, 5.74) is 4.41. The Labute approximate surface area is 201 Å². The number of hydrogen-bond acceptors (Lipinski definition) is 4. The molecule has 3 fully saturated rings. The van der Waals surface area contributed by atoms with Gasteiger partial charge in [0.05, 0.1) is 25.9 Å². The van der Waals surface area contributed by atoms with Gasteiger partial charge in [-0.2, -0.15) is 0 Å². The normalized spacial score (nSPS) is 22.7. The second kappa shape index (κ2) is 9.65. The molecule has 5 nitrogen and oxygen atoms in total.